The fourth-order valence-electron chi connectivity index (χ4n) is 3.18. The summed E-state index contributed by atoms with van der Waals surface area (Å²) < 4.78 is 27.0. The van der Waals surface area contributed by atoms with Crippen molar-refractivity contribution < 1.29 is 8.42 Å². The minimum atomic E-state index is -3.37. The summed E-state index contributed by atoms with van der Waals surface area (Å²) in [5, 5.41) is 3.32. The van der Waals surface area contributed by atoms with Crippen LogP contribution in [0.25, 0.3) is 0 Å². The Morgan fingerprint density at radius 2 is 1.89 bits per heavy atom. The Kier molecular flexibility index (Phi) is 11.1. The average molecular weight is 520 g/mol. The van der Waals surface area contributed by atoms with Gasteiger partial charge < -0.3 is 10.2 Å². The van der Waals surface area contributed by atoms with Gasteiger partial charge in [-0.25, -0.2) is 8.42 Å². The van der Waals surface area contributed by atoms with Crippen molar-refractivity contribution in [3.63, 3.8) is 0 Å². The number of guanidine groups is 1. The Morgan fingerprint density at radius 1 is 1.25 bits per heavy atom. The van der Waals surface area contributed by atoms with Crippen LogP contribution in [0.3, 0.4) is 0 Å². The lowest BCUT2D eigenvalue weighted by Crippen LogP contribution is -2.39. The van der Waals surface area contributed by atoms with E-state index >= 15 is 0 Å². The number of hydrogen-bond acceptors (Lipinski definition) is 3. The second-order valence-corrected chi connectivity index (χ2v) is 8.80. The lowest BCUT2D eigenvalue weighted by Gasteiger charge is -2.26. The summed E-state index contributed by atoms with van der Waals surface area (Å²) in [6.45, 7) is 6.49. The fraction of sp³-hybridized carbons (Fsp3) is 0.550. The van der Waals surface area contributed by atoms with E-state index in [0.29, 0.717) is 24.5 Å². The molecule has 28 heavy (non-hydrogen) atoms. The Balaban J connectivity index is 0.00000392. The lowest BCUT2D eigenvalue weighted by molar-refractivity contribution is 0.346. The molecule has 2 rings (SSSR count). The quantitative estimate of drug-likeness (QED) is 0.188. The molecule has 0 amide bonds. The molecule has 158 valence electrons. The van der Waals surface area contributed by atoms with Gasteiger partial charge in [0.05, 0.1) is 4.90 Å². The summed E-state index contributed by atoms with van der Waals surface area (Å²) in [4.78, 5) is 6.76. The van der Waals surface area contributed by atoms with E-state index in [2.05, 4.69) is 21.8 Å². The molecule has 1 N–H and O–H groups in total. The molecule has 1 aromatic carbocycles. The van der Waals surface area contributed by atoms with E-state index in [1.807, 2.05) is 25.3 Å². The van der Waals surface area contributed by atoms with Gasteiger partial charge in [-0.15, -0.1) is 30.6 Å². The molecule has 0 unspecified atom stereocenters. The Bertz CT molecular complexity index is 729. The zero-order valence-electron chi connectivity index (χ0n) is 16.9. The third-order valence-corrected chi connectivity index (χ3v) is 6.71. The number of nitrogens with zero attached hydrogens (tertiary/aromatic N) is 3. The van der Waals surface area contributed by atoms with Crippen molar-refractivity contribution >= 4 is 40.0 Å². The van der Waals surface area contributed by atoms with E-state index in [9.17, 15) is 8.42 Å². The number of unbranched alkanes of at least 4 members (excludes halogenated alkanes) is 1. The maximum Gasteiger partial charge on any atom is 0.243 e. The number of aliphatic imine (C=N–C) groups is 1. The SMILES string of the molecule is C=CCCCN(C)C(=NC)NCc1ccc(S(=O)(=O)N2CCCCC2)cc1.I. The van der Waals surface area contributed by atoms with Crippen molar-refractivity contribution in [1.82, 2.24) is 14.5 Å². The second kappa shape index (κ2) is 12.4. The van der Waals surface area contributed by atoms with Gasteiger partial charge in [0.1, 0.15) is 0 Å². The second-order valence-electron chi connectivity index (χ2n) is 6.86. The summed E-state index contributed by atoms with van der Waals surface area (Å²) in [6, 6.07) is 7.15. The van der Waals surface area contributed by atoms with Gasteiger partial charge in [0.15, 0.2) is 5.96 Å². The van der Waals surface area contributed by atoms with Crippen LogP contribution in [0, 0.1) is 0 Å². The number of piperidine rings is 1. The molecule has 1 aromatic rings. The van der Waals surface area contributed by atoms with Crippen LogP contribution in [-0.2, 0) is 16.6 Å². The first-order valence-corrected chi connectivity index (χ1v) is 11.0. The summed E-state index contributed by atoms with van der Waals surface area (Å²) in [5.41, 5.74) is 1.02. The van der Waals surface area contributed by atoms with Crippen molar-refractivity contribution in [2.24, 2.45) is 4.99 Å². The largest absolute Gasteiger partial charge is 0.352 e. The normalized spacial score (nSPS) is 15.6. The van der Waals surface area contributed by atoms with Crippen molar-refractivity contribution in [2.45, 2.75) is 43.5 Å². The third-order valence-electron chi connectivity index (χ3n) is 4.80. The predicted molar refractivity (Wildman–Crippen MR) is 127 cm³/mol. The topological polar surface area (TPSA) is 65.0 Å². The first kappa shape index (κ1) is 24.9. The Morgan fingerprint density at radius 3 is 2.46 bits per heavy atom. The van der Waals surface area contributed by atoms with Crippen molar-refractivity contribution in [2.75, 3.05) is 33.7 Å². The van der Waals surface area contributed by atoms with Gasteiger partial charge >= 0.3 is 0 Å². The maximum absolute atomic E-state index is 12.7. The summed E-state index contributed by atoms with van der Waals surface area (Å²) in [6.07, 6.45) is 6.93. The monoisotopic (exact) mass is 520 g/mol. The first-order chi connectivity index (χ1) is 13.0. The van der Waals surface area contributed by atoms with E-state index in [-0.39, 0.29) is 24.0 Å². The molecule has 0 radical (unpaired) electrons. The molecule has 1 saturated heterocycles. The van der Waals surface area contributed by atoms with Gasteiger partial charge in [-0.2, -0.15) is 4.31 Å². The summed E-state index contributed by atoms with van der Waals surface area (Å²) in [7, 11) is 0.403. The van der Waals surface area contributed by atoms with E-state index in [0.717, 1.165) is 50.2 Å². The highest BCUT2D eigenvalue weighted by Crippen LogP contribution is 2.20. The number of sulfonamides is 1. The Labute approximate surface area is 187 Å². The number of hydrogen-bond donors (Lipinski definition) is 1. The van der Waals surface area contributed by atoms with Crippen LogP contribution in [0.1, 0.15) is 37.7 Å². The summed E-state index contributed by atoms with van der Waals surface area (Å²) >= 11 is 0. The maximum atomic E-state index is 12.7. The number of rotatable bonds is 8. The highest BCUT2D eigenvalue weighted by Gasteiger charge is 2.25. The van der Waals surface area contributed by atoms with E-state index in [4.69, 9.17) is 0 Å². The third kappa shape index (κ3) is 7.04. The number of nitrogens with one attached hydrogen (secondary N) is 1. The Hall–Kier alpha value is -1.13. The highest BCUT2D eigenvalue weighted by molar-refractivity contribution is 14.0. The van der Waals surface area contributed by atoms with E-state index in [1.165, 1.54) is 0 Å². The predicted octanol–water partition coefficient (Wildman–Crippen LogP) is 3.45. The molecular formula is C20H33IN4O2S. The number of benzene rings is 1. The van der Waals surface area contributed by atoms with Crippen LogP contribution in [0.2, 0.25) is 0 Å². The van der Waals surface area contributed by atoms with Crippen LogP contribution in [0.15, 0.2) is 46.8 Å². The van der Waals surface area contributed by atoms with Crippen molar-refractivity contribution in [3.05, 3.63) is 42.5 Å². The average Bonchev–Trinajstić information content (AvgIpc) is 2.69. The van der Waals surface area contributed by atoms with E-state index < -0.39 is 10.0 Å². The van der Waals surface area contributed by atoms with Gasteiger partial charge in [0.25, 0.3) is 0 Å². The molecule has 1 aliphatic heterocycles. The van der Waals surface area contributed by atoms with Crippen LogP contribution >= 0.6 is 24.0 Å². The fourth-order valence-corrected chi connectivity index (χ4v) is 4.70. The molecule has 0 aliphatic carbocycles. The first-order valence-electron chi connectivity index (χ1n) is 9.61. The molecule has 1 fully saturated rings. The zero-order chi connectivity index (χ0) is 19.7. The van der Waals surface area contributed by atoms with Gasteiger partial charge in [-0.1, -0.05) is 24.6 Å². The molecule has 0 aromatic heterocycles. The smallest absolute Gasteiger partial charge is 0.243 e. The van der Waals surface area contributed by atoms with Gasteiger partial charge in [0.2, 0.25) is 10.0 Å². The molecule has 6 nitrogen and oxygen atoms in total. The van der Waals surface area contributed by atoms with Crippen molar-refractivity contribution in [1.29, 1.82) is 0 Å². The highest BCUT2D eigenvalue weighted by atomic mass is 127. The van der Waals surface area contributed by atoms with Gasteiger partial charge in [-0.05, 0) is 43.4 Å². The molecule has 0 spiro atoms. The van der Waals surface area contributed by atoms with Crippen molar-refractivity contribution in [3.8, 4) is 0 Å². The molecule has 8 heteroatoms. The molecule has 1 heterocycles. The van der Waals surface area contributed by atoms with E-state index in [1.54, 1.807) is 23.5 Å². The van der Waals surface area contributed by atoms with Crippen LogP contribution < -0.4 is 5.32 Å². The molecular weight excluding hydrogens is 487 g/mol. The lowest BCUT2D eigenvalue weighted by atomic mass is 10.2. The van der Waals surface area contributed by atoms with Gasteiger partial charge in [-0.3, -0.25) is 4.99 Å². The van der Waals surface area contributed by atoms with Crippen LogP contribution in [-0.4, -0.2) is 57.3 Å². The molecule has 0 saturated carbocycles. The minimum Gasteiger partial charge on any atom is -0.352 e. The molecule has 1 aliphatic rings. The van der Waals surface area contributed by atoms with Crippen LogP contribution in [0.5, 0.6) is 0 Å². The number of allylic oxidation sites excluding steroid dienone is 1. The zero-order valence-corrected chi connectivity index (χ0v) is 20.1. The molecule has 0 bridgehead atoms. The summed E-state index contributed by atoms with van der Waals surface area (Å²) in [5.74, 6) is 0.823. The van der Waals surface area contributed by atoms with Gasteiger partial charge in [0, 0.05) is 40.3 Å². The number of halogens is 1. The van der Waals surface area contributed by atoms with Crippen LogP contribution in [0.4, 0.5) is 0 Å². The minimum absolute atomic E-state index is 0. The standard InChI is InChI=1S/C20H32N4O2S.HI/c1-4-5-7-14-23(3)20(21-2)22-17-18-10-12-19(13-11-18)27(25,26)24-15-8-6-9-16-24;/h4,10-13H,1,5-9,14-17H2,2-3H3,(H,21,22);1H. The molecule has 0 atom stereocenters.